The Morgan fingerprint density at radius 3 is 2.93 bits per heavy atom. The molecule has 1 atom stereocenters. The number of allylic oxidation sites excluding steroid dienone is 1. The third-order valence-corrected chi connectivity index (χ3v) is 3.11. The van der Waals surface area contributed by atoms with E-state index in [0.29, 0.717) is 12.0 Å². The fourth-order valence-electron chi connectivity index (χ4n) is 1.84. The number of rotatable bonds is 2. The third-order valence-electron chi connectivity index (χ3n) is 2.61. The molecule has 3 heteroatoms. The molecule has 1 aliphatic rings. The zero-order valence-electron chi connectivity index (χ0n) is 8.21. The lowest BCUT2D eigenvalue weighted by atomic mass is 10.0. The van der Waals surface area contributed by atoms with Gasteiger partial charge in [-0.1, -0.05) is 27.6 Å². The normalized spacial score (nSPS) is 20.5. The van der Waals surface area contributed by atoms with Crippen molar-refractivity contribution in [3.05, 3.63) is 45.7 Å². The summed E-state index contributed by atoms with van der Waals surface area (Å²) in [5.74, 6) is -0.180. The molecule has 0 fully saturated rings. The van der Waals surface area contributed by atoms with Gasteiger partial charge < -0.3 is 5.11 Å². The Labute approximate surface area is 96.8 Å². The first-order valence-electron chi connectivity index (χ1n) is 4.97. The van der Waals surface area contributed by atoms with E-state index in [2.05, 4.69) is 15.9 Å². The summed E-state index contributed by atoms with van der Waals surface area (Å²) in [6.07, 6.45) is 3.73. The van der Waals surface area contributed by atoms with Crippen LogP contribution in [0.25, 0.3) is 0 Å². The van der Waals surface area contributed by atoms with Crippen molar-refractivity contribution < 1.29 is 9.50 Å². The summed E-state index contributed by atoms with van der Waals surface area (Å²) in [6.45, 7) is 0. The highest BCUT2D eigenvalue weighted by atomic mass is 79.9. The van der Waals surface area contributed by atoms with Crippen LogP contribution in [0.2, 0.25) is 0 Å². The highest BCUT2D eigenvalue weighted by Gasteiger charge is 2.14. The van der Waals surface area contributed by atoms with Crippen LogP contribution in [0, 0.1) is 5.82 Å². The van der Waals surface area contributed by atoms with Gasteiger partial charge in [-0.25, -0.2) is 4.39 Å². The van der Waals surface area contributed by atoms with Crippen LogP contribution >= 0.6 is 15.9 Å². The molecular formula is C12H12BrFO. The first kappa shape index (κ1) is 10.8. The molecule has 1 unspecified atom stereocenters. The third kappa shape index (κ3) is 2.67. The van der Waals surface area contributed by atoms with Gasteiger partial charge in [-0.15, -0.1) is 0 Å². The van der Waals surface area contributed by atoms with Crippen molar-refractivity contribution in [3.8, 4) is 0 Å². The number of aliphatic hydroxyl groups excluding tert-OH is 1. The minimum atomic E-state index is -0.338. The Kier molecular flexibility index (Phi) is 3.22. The monoisotopic (exact) mass is 270 g/mol. The van der Waals surface area contributed by atoms with Crippen LogP contribution in [0.1, 0.15) is 18.4 Å². The van der Waals surface area contributed by atoms with Crippen molar-refractivity contribution in [2.45, 2.75) is 25.4 Å². The number of hydrogen-bond acceptors (Lipinski definition) is 1. The van der Waals surface area contributed by atoms with E-state index in [0.717, 1.165) is 22.9 Å². The Morgan fingerprint density at radius 1 is 1.47 bits per heavy atom. The zero-order chi connectivity index (χ0) is 10.8. The Balaban J connectivity index is 2.17. The molecule has 1 aliphatic carbocycles. The Bertz CT molecular complexity index is 401. The van der Waals surface area contributed by atoms with Gasteiger partial charge in [0.15, 0.2) is 0 Å². The van der Waals surface area contributed by atoms with Gasteiger partial charge in [0.25, 0.3) is 0 Å². The molecule has 2 rings (SSSR count). The molecule has 80 valence electrons. The van der Waals surface area contributed by atoms with E-state index in [1.54, 1.807) is 12.1 Å². The molecule has 0 saturated heterocycles. The van der Waals surface area contributed by atoms with Gasteiger partial charge in [-0.05, 0) is 43.0 Å². The molecular weight excluding hydrogens is 259 g/mol. The zero-order valence-corrected chi connectivity index (χ0v) is 9.80. The average molecular weight is 271 g/mol. The Morgan fingerprint density at radius 2 is 2.27 bits per heavy atom. The molecule has 0 radical (unpaired) electrons. The lowest BCUT2D eigenvalue weighted by Gasteiger charge is -2.04. The molecule has 1 nitrogen and oxygen atoms in total. The number of hydrogen-bond donors (Lipinski definition) is 1. The van der Waals surface area contributed by atoms with Crippen LogP contribution in [-0.4, -0.2) is 11.2 Å². The summed E-state index contributed by atoms with van der Waals surface area (Å²) in [6, 6.07) is 4.95. The van der Waals surface area contributed by atoms with Gasteiger partial charge >= 0.3 is 0 Å². The SMILES string of the molecule is OC1C=C(Cc2cc(Br)ccc2F)CC1. The highest BCUT2D eigenvalue weighted by Crippen LogP contribution is 2.25. The lowest BCUT2D eigenvalue weighted by molar-refractivity contribution is 0.223. The van der Waals surface area contributed by atoms with E-state index in [1.807, 2.05) is 6.08 Å². The van der Waals surface area contributed by atoms with E-state index in [4.69, 9.17) is 0 Å². The first-order valence-corrected chi connectivity index (χ1v) is 5.76. The van der Waals surface area contributed by atoms with Crippen LogP contribution in [-0.2, 0) is 6.42 Å². The molecule has 0 bridgehead atoms. The molecule has 0 heterocycles. The van der Waals surface area contributed by atoms with Crippen LogP contribution in [0.4, 0.5) is 4.39 Å². The van der Waals surface area contributed by atoms with Crippen molar-refractivity contribution in [1.82, 2.24) is 0 Å². The van der Waals surface area contributed by atoms with Gasteiger partial charge in [0.1, 0.15) is 5.82 Å². The summed E-state index contributed by atoms with van der Waals surface area (Å²) in [5.41, 5.74) is 1.81. The summed E-state index contributed by atoms with van der Waals surface area (Å²) in [4.78, 5) is 0. The molecule has 0 spiro atoms. The average Bonchev–Trinajstić information content (AvgIpc) is 2.58. The van der Waals surface area contributed by atoms with Crippen LogP contribution < -0.4 is 0 Å². The number of halogens is 2. The van der Waals surface area contributed by atoms with Gasteiger partial charge in [0.05, 0.1) is 6.10 Å². The van der Waals surface area contributed by atoms with Crippen molar-refractivity contribution in [2.24, 2.45) is 0 Å². The second kappa shape index (κ2) is 4.45. The second-order valence-corrected chi connectivity index (χ2v) is 4.76. The smallest absolute Gasteiger partial charge is 0.126 e. The van der Waals surface area contributed by atoms with Crippen molar-refractivity contribution in [1.29, 1.82) is 0 Å². The van der Waals surface area contributed by atoms with E-state index in [9.17, 15) is 9.50 Å². The second-order valence-electron chi connectivity index (χ2n) is 3.84. The van der Waals surface area contributed by atoms with E-state index in [-0.39, 0.29) is 11.9 Å². The summed E-state index contributed by atoms with van der Waals surface area (Å²) in [7, 11) is 0. The predicted molar refractivity (Wildman–Crippen MR) is 61.1 cm³/mol. The molecule has 15 heavy (non-hydrogen) atoms. The van der Waals surface area contributed by atoms with Gasteiger partial charge in [0, 0.05) is 4.47 Å². The summed E-state index contributed by atoms with van der Waals surface area (Å²) >= 11 is 3.32. The fraction of sp³-hybridized carbons (Fsp3) is 0.333. The van der Waals surface area contributed by atoms with Gasteiger partial charge in [-0.2, -0.15) is 0 Å². The van der Waals surface area contributed by atoms with E-state index in [1.165, 1.54) is 6.07 Å². The van der Waals surface area contributed by atoms with Crippen LogP contribution in [0.5, 0.6) is 0 Å². The first-order chi connectivity index (χ1) is 7.15. The number of aliphatic hydroxyl groups is 1. The van der Waals surface area contributed by atoms with Crippen LogP contribution in [0.3, 0.4) is 0 Å². The quantitative estimate of drug-likeness (QED) is 0.819. The molecule has 0 aliphatic heterocycles. The van der Waals surface area contributed by atoms with E-state index < -0.39 is 0 Å². The number of benzene rings is 1. The minimum Gasteiger partial charge on any atom is -0.389 e. The standard InChI is InChI=1S/C12H12BrFO/c13-10-2-4-12(14)9(7-10)5-8-1-3-11(15)6-8/h2,4,6-7,11,15H,1,3,5H2. The predicted octanol–water partition coefficient (Wildman–Crippen LogP) is 3.21. The highest BCUT2D eigenvalue weighted by molar-refractivity contribution is 9.10. The molecule has 1 aromatic carbocycles. The van der Waals surface area contributed by atoms with Gasteiger partial charge in [0.2, 0.25) is 0 Å². The molecule has 1 aromatic rings. The molecule has 0 amide bonds. The fourth-order valence-corrected chi connectivity index (χ4v) is 2.25. The minimum absolute atomic E-state index is 0.180. The van der Waals surface area contributed by atoms with Gasteiger partial charge in [-0.3, -0.25) is 0 Å². The van der Waals surface area contributed by atoms with Crippen molar-refractivity contribution >= 4 is 15.9 Å². The lowest BCUT2D eigenvalue weighted by Crippen LogP contribution is -1.93. The summed E-state index contributed by atoms with van der Waals surface area (Å²) in [5, 5.41) is 9.32. The van der Waals surface area contributed by atoms with Crippen LogP contribution in [0.15, 0.2) is 34.3 Å². The van der Waals surface area contributed by atoms with Crippen molar-refractivity contribution in [3.63, 3.8) is 0 Å². The maximum absolute atomic E-state index is 13.4. The largest absolute Gasteiger partial charge is 0.389 e. The summed E-state index contributed by atoms with van der Waals surface area (Å²) < 4.78 is 14.3. The topological polar surface area (TPSA) is 20.2 Å². The van der Waals surface area contributed by atoms with Crippen molar-refractivity contribution in [2.75, 3.05) is 0 Å². The molecule has 0 saturated carbocycles. The maximum atomic E-state index is 13.4. The molecule has 1 N–H and O–H groups in total. The maximum Gasteiger partial charge on any atom is 0.126 e. The molecule has 0 aromatic heterocycles. The van der Waals surface area contributed by atoms with E-state index >= 15 is 0 Å². The Hall–Kier alpha value is -0.670.